The molecule has 1 aliphatic heterocycles. The molecule has 0 radical (unpaired) electrons. The van der Waals surface area contributed by atoms with Gasteiger partial charge in [-0.25, -0.2) is 0 Å². The third kappa shape index (κ3) is 4.14. The maximum atomic E-state index is 11.8. The number of rotatable bonds is 5. The summed E-state index contributed by atoms with van der Waals surface area (Å²) in [6.07, 6.45) is 0.822. The molecule has 1 aliphatic rings. The van der Waals surface area contributed by atoms with Gasteiger partial charge in [0.25, 0.3) is 5.91 Å². The lowest BCUT2D eigenvalue weighted by molar-refractivity contribution is -0.141. The first-order chi connectivity index (χ1) is 8.89. The Balaban J connectivity index is 2.50. The molecular weight excluding hydrogens is 266 g/mol. The van der Waals surface area contributed by atoms with Gasteiger partial charge in [-0.05, 0) is 39.4 Å². The van der Waals surface area contributed by atoms with Gasteiger partial charge in [0, 0.05) is 19.8 Å². The molecule has 1 saturated heterocycles. The lowest BCUT2D eigenvalue weighted by Crippen LogP contribution is -2.67. The zero-order valence-corrected chi connectivity index (χ0v) is 12.4. The summed E-state index contributed by atoms with van der Waals surface area (Å²) < 4.78 is 5.22. The Morgan fingerprint density at radius 2 is 2.21 bits per heavy atom. The normalized spacial score (nSPS) is 18.2. The third-order valence-corrected chi connectivity index (χ3v) is 3.34. The zero-order chi connectivity index (χ0) is 14.5. The molecule has 1 heterocycles. The van der Waals surface area contributed by atoms with Crippen molar-refractivity contribution in [1.82, 2.24) is 15.5 Å². The predicted molar refractivity (Wildman–Crippen MR) is 75.6 cm³/mol. The van der Waals surface area contributed by atoms with Gasteiger partial charge < -0.3 is 15.0 Å². The van der Waals surface area contributed by atoms with Crippen LogP contribution in [0.4, 0.5) is 0 Å². The molecule has 6 nitrogen and oxygen atoms in total. The van der Waals surface area contributed by atoms with Crippen LogP contribution >= 0.6 is 12.2 Å². The molecule has 0 saturated carbocycles. The van der Waals surface area contributed by atoms with Crippen LogP contribution in [0.15, 0.2) is 0 Å². The summed E-state index contributed by atoms with van der Waals surface area (Å²) in [5.41, 5.74) is -0.822. The maximum absolute atomic E-state index is 11.8. The molecule has 0 unspecified atom stereocenters. The average Bonchev–Trinajstić information content (AvgIpc) is 2.33. The number of nitrogens with one attached hydrogen (secondary N) is 2. The van der Waals surface area contributed by atoms with E-state index in [1.807, 2.05) is 6.92 Å². The Labute approximate surface area is 118 Å². The first-order valence-corrected chi connectivity index (χ1v) is 6.78. The lowest BCUT2D eigenvalue weighted by atomic mass is 9.99. The zero-order valence-electron chi connectivity index (χ0n) is 11.6. The Bertz CT molecular complexity index is 371. The fraction of sp³-hybridized carbons (Fsp3) is 0.750. The fourth-order valence-corrected chi connectivity index (χ4v) is 2.11. The van der Waals surface area contributed by atoms with Crippen LogP contribution in [0.5, 0.6) is 0 Å². The average molecular weight is 287 g/mol. The number of ether oxygens (including phenoxy) is 1. The number of hydrogen-bond acceptors (Lipinski definition) is 4. The van der Waals surface area contributed by atoms with Gasteiger partial charge in [0.15, 0.2) is 5.11 Å². The number of imide groups is 1. The summed E-state index contributed by atoms with van der Waals surface area (Å²) in [6.45, 7) is 7.52. The highest BCUT2D eigenvalue weighted by atomic mass is 32.1. The van der Waals surface area contributed by atoms with E-state index in [1.165, 1.54) is 0 Å². The number of hydrogen-bond donors (Lipinski definition) is 2. The van der Waals surface area contributed by atoms with Crippen molar-refractivity contribution in [3.8, 4) is 0 Å². The van der Waals surface area contributed by atoms with Crippen molar-refractivity contribution in [1.29, 1.82) is 0 Å². The standard InChI is InChI=1S/C12H21N3O3S/c1-4-18-7-5-6-13-11(19)15-8-9(16)14-10(17)12(15,2)3/h4-8H2,1-3H3,(H,13,19)(H,14,16,17). The van der Waals surface area contributed by atoms with E-state index in [9.17, 15) is 9.59 Å². The highest BCUT2D eigenvalue weighted by Crippen LogP contribution is 2.18. The molecule has 0 aromatic heterocycles. The Morgan fingerprint density at radius 1 is 1.53 bits per heavy atom. The van der Waals surface area contributed by atoms with Crippen molar-refractivity contribution in [2.75, 3.05) is 26.3 Å². The third-order valence-electron chi connectivity index (χ3n) is 2.98. The van der Waals surface area contributed by atoms with Crippen molar-refractivity contribution >= 4 is 29.1 Å². The van der Waals surface area contributed by atoms with Crippen molar-refractivity contribution in [2.45, 2.75) is 32.7 Å². The van der Waals surface area contributed by atoms with E-state index in [2.05, 4.69) is 10.6 Å². The summed E-state index contributed by atoms with van der Waals surface area (Å²) in [6, 6.07) is 0. The SMILES string of the molecule is CCOCCCNC(=S)N1CC(=O)NC(=O)C1(C)C. The van der Waals surface area contributed by atoms with E-state index in [0.29, 0.717) is 24.9 Å². The topological polar surface area (TPSA) is 70.7 Å². The number of nitrogens with zero attached hydrogens (tertiary/aromatic N) is 1. The van der Waals surface area contributed by atoms with E-state index >= 15 is 0 Å². The quantitative estimate of drug-likeness (QED) is 0.422. The minimum absolute atomic E-state index is 0.0933. The smallest absolute Gasteiger partial charge is 0.251 e. The number of carbonyl (C=O) groups excluding carboxylic acids is 2. The van der Waals surface area contributed by atoms with Gasteiger partial charge in [-0.15, -0.1) is 0 Å². The van der Waals surface area contributed by atoms with Crippen molar-refractivity contribution in [3.05, 3.63) is 0 Å². The molecule has 1 rings (SSSR count). The molecule has 0 spiro atoms. The van der Waals surface area contributed by atoms with Gasteiger partial charge in [-0.2, -0.15) is 0 Å². The van der Waals surface area contributed by atoms with Gasteiger partial charge >= 0.3 is 0 Å². The minimum atomic E-state index is -0.822. The van der Waals surface area contributed by atoms with E-state index < -0.39 is 5.54 Å². The van der Waals surface area contributed by atoms with Crippen LogP contribution in [-0.2, 0) is 14.3 Å². The highest BCUT2D eigenvalue weighted by molar-refractivity contribution is 7.80. The molecular formula is C12H21N3O3S. The van der Waals surface area contributed by atoms with Crippen molar-refractivity contribution < 1.29 is 14.3 Å². The molecule has 0 aromatic carbocycles. The Morgan fingerprint density at radius 3 is 2.84 bits per heavy atom. The fourth-order valence-electron chi connectivity index (χ4n) is 1.72. The van der Waals surface area contributed by atoms with Gasteiger partial charge in [0.1, 0.15) is 12.1 Å². The number of carbonyl (C=O) groups is 2. The highest BCUT2D eigenvalue weighted by Gasteiger charge is 2.42. The molecule has 19 heavy (non-hydrogen) atoms. The van der Waals surface area contributed by atoms with Crippen molar-refractivity contribution in [3.63, 3.8) is 0 Å². The number of piperazine rings is 1. The van der Waals surface area contributed by atoms with Crippen molar-refractivity contribution in [2.24, 2.45) is 0 Å². The van der Waals surface area contributed by atoms with Gasteiger partial charge in [-0.3, -0.25) is 14.9 Å². The molecule has 0 bridgehead atoms. The number of amides is 2. The van der Waals surface area contributed by atoms with Crippen LogP contribution in [0.25, 0.3) is 0 Å². The summed E-state index contributed by atoms with van der Waals surface area (Å²) in [5, 5.41) is 5.79. The molecule has 2 amide bonds. The van der Waals surface area contributed by atoms with Crippen LogP contribution in [0.1, 0.15) is 27.2 Å². The second-order valence-electron chi connectivity index (χ2n) is 4.80. The molecule has 7 heteroatoms. The molecule has 1 fully saturated rings. The van der Waals surface area contributed by atoms with E-state index in [-0.39, 0.29) is 18.4 Å². The van der Waals surface area contributed by atoms with Gasteiger partial charge in [0.05, 0.1) is 0 Å². The Hall–Kier alpha value is -1.21. The molecule has 0 aliphatic carbocycles. The predicted octanol–water partition coefficient (Wildman–Crippen LogP) is 0.0245. The van der Waals surface area contributed by atoms with Crippen LogP contribution in [0.3, 0.4) is 0 Å². The van der Waals surface area contributed by atoms with Crippen LogP contribution in [0, 0.1) is 0 Å². The molecule has 108 valence electrons. The molecule has 2 N–H and O–H groups in total. The van der Waals surface area contributed by atoms with E-state index in [1.54, 1.807) is 18.7 Å². The Kier molecular flexibility index (Phi) is 5.68. The van der Waals surface area contributed by atoms with Crippen LogP contribution in [0.2, 0.25) is 0 Å². The lowest BCUT2D eigenvalue weighted by Gasteiger charge is -2.41. The monoisotopic (exact) mass is 287 g/mol. The summed E-state index contributed by atoms with van der Waals surface area (Å²) in [4.78, 5) is 24.8. The second-order valence-corrected chi connectivity index (χ2v) is 5.19. The van der Waals surface area contributed by atoms with E-state index in [0.717, 1.165) is 6.42 Å². The molecule has 0 aromatic rings. The van der Waals surface area contributed by atoms with Crippen LogP contribution < -0.4 is 10.6 Å². The first-order valence-electron chi connectivity index (χ1n) is 6.37. The number of thiocarbonyl (C=S) groups is 1. The van der Waals surface area contributed by atoms with Gasteiger partial charge in [0.2, 0.25) is 5.91 Å². The largest absolute Gasteiger partial charge is 0.382 e. The summed E-state index contributed by atoms with van der Waals surface area (Å²) in [7, 11) is 0. The first kappa shape index (κ1) is 15.8. The molecule has 0 atom stereocenters. The maximum Gasteiger partial charge on any atom is 0.251 e. The minimum Gasteiger partial charge on any atom is -0.382 e. The second kappa shape index (κ2) is 6.81. The summed E-state index contributed by atoms with van der Waals surface area (Å²) >= 11 is 5.25. The summed E-state index contributed by atoms with van der Waals surface area (Å²) in [5.74, 6) is -0.662. The van der Waals surface area contributed by atoms with Gasteiger partial charge in [-0.1, -0.05) is 0 Å². The van der Waals surface area contributed by atoms with Crippen LogP contribution in [-0.4, -0.2) is 53.7 Å². The van der Waals surface area contributed by atoms with E-state index in [4.69, 9.17) is 17.0 Å².